The van der Waals surface area contributed by atoms with Crippen LogP contribution in [-0.4, -0.2) is 19.5 Å². The highest BCUT2D eigenvalue weighted by Gasteiger charge is 1.98. The molecule has 0 saturated carbocycles. The van der Waals surface area contributed by atoms with E-state index < -0.39 is 0 Å². The Bertz CT molecular complexity index is 202. The van der Waals surface area contributed by atoms with Crippen LogP contribution >= 0.6 is 11.8 Å². The topological polar surface area (TPSA) is 12.4 Å². The number of hydrogen-bond donors (Lipinski definition) is 0. The van der Waals surface area contributed by atoms with E-state index in [4.69, 9.17) is 0 Å². The van der Waals surface area contributed by atoms with Gasteiger partial charge >= 0.3 is 0 Å². The number of nitrogens with zero attached hydrogens (tertiary/aromatic N) is 1. The van der Waals surface area contributed by atoms with Gasteiger partial charge in [0.15, 0.2) is 0 Å². The summed E-state index contributed by atoms with van der Waals surface area (Å²) in [5.41, 5.74) is 2.22. The summed E-state index contributed by atoms with van der Waals surface area (Å²) in [6.07, 6.45) is 3.91. The van der Waals surface area contributed by atoms with Gasteiger partial charge < -0.3 is 0 Å². The molecule has 0 fully saturated rings. The highest BCUT2D eigenvalue weighted by Crippen LogP contribution is 2.19. The van der Waals surface area contributed by atoms with Gasteiger partial charge in [-0.1, -0.05) is 6.58 Å². The zero-order valence-corrected chi connectivity index (χ0v) is 8.46. The summed E-state index contributed by atoms with van der Waals surface area (Å²) in [4.78, 5) is 5.24. The van der Waals surface area contributed by atoms with Crippen molar-refractivity contribution in [3.8, 4) is 0 Å². The lowest BCUT2D eigenvalue weighted by molar-refractivity contribution is 1.41. The number of hydrogen-bond acceptors (Lipinski definition) is 2. The summed E-state index contributed by atoms with van der Waals surface area (Å²) in [6, 6.07) is 0. The maximum absolute atomic E-state index is 3.97. The minimum absolute atomic E-state index is 1.07. The monoisotopic (exact) mass is 169 g/mol. The third-order valence-electron chi connectivity index (χ3n) is 1.40. The minimum atomic E-state index is 1.07. The molecule has 0 aromatic carbocycles. The van der Waals surface area contributed by atoms with Gasteiger partial charge in [0.05, 0.1) is 0 Å². The molecule has 0 N–H and O–H groups in total. The van der Waals surface area contributed by atoms with Gasteiger partial charge in [0.2, 0.25) is 0 Å². The average molecular weight is 169 g/mol. The Morgan fingerprint density at radius 1 is 1.45 bits per heavy atom. The molecular formula is C9H15NS. The van der Waals surface area contributed by atoms with Crippen molar-refractivity contribution in [2.45, 2.75) is 13.8 Å². The summed E-state index contributed by atoms with van der Waals surface area (Å²) in [5, 5.41) is 0. The van der Waals surface area contributed by atoms with Crippen LogP contribution in [0.1, 0.15) is 13.8 Å². The van der Waals surface area contributed by atoms with E-state index in [9.17, 15) is 0 Å². The molecule has 0 aliphatic rings. The van der Waals surface area contributed by atoms with Crippen LogP contribution in [-0.2, 0) is 0 Å². The predicted molar refractivity (Wildman–Crippen MR) is 55.4 cm³/mol. The van der Waals surface area contributed by atoms with Gasteiger partial charge in [-0.3, -0.25) is 4.99 Å². The second-order valence-electron chi connectivity index (χ2n) is 2.34. The Hall–Kier alpha value is -0.500. The third kappa shape index (κ3) is 3.42. The van der Waals surface area contributed by atoms with Gasteiger partial charge in [0.1, 0.15) is 0 Å². The standard InChI is InChI=1S/C9H15NS/c1-7(2)9(6-10-4)8(3)11-5/h6H,1H2,2-5H3/b9-8-,10-6-. The molecule has 0 heterocycles. The Kier molecular flexibility index (Phi) is 4.95. The normalized spacial score (nSPS) is 13.5. The average Bonchev–Trinajstić information content (AvgIpc) is 1.98. The first-order chi connectivity index (χ1) is 5.13. The van der Waals surface area contributed by atoms with Crippen LogP contribution in [0.3, 0.4) is 0 Å². The van der Waals surface area contributed by atoms with Gasteiger partial charge in [0, 0.05) is 18.8 Å². The summed E-state index contributed by atoms with van der Waals surface area (Å²) < 4.78 is 0. The van der Waals surface area contributed by atoms with Crippen molar-refractivity contribution in [2.75, 3.05) is 13.3 Å². The van der Waals surface area contributed by atoms with Crippen molar-refractivity contribution in [3.63, 3.8) is 0 Å². The maximum atomic E-state index is 3.97. The van der Waals surface area contributed by atoms with Crippen molar-refractivity contribution in [2.24, 2.45) is 4.99 Å². The van der Waals surface area contributed by atoms with Crippen molar-refractivity contribution in [3.05, 3.63) is 22.6 Å². The Balaban J connectivity index is 4.72. The lowest BCUT2D eigenvalue weighted by Gasteiger charge is -2.03. The van der Waals surface area contributed by atoms with E-state index in [1.807, 2.05) is 13.1 Å². The number of rotatable bonds is 3. The highest BCUT2D eigenvalue weighted by atomic mass is 32.2. The van der Waals surface area contributed by atoms with Gasteiger partial charge in [-0.15, -0.1) is 11.8 Å². The fraction of sp³-hybridized carbons (Fsp3) is 0.444. The van der Waals surface area contributed by atoms with Crippen LogP contribution in [0.25, 0.3) is 0 Å². The SMILES string of the molecule is C=C(C)C(/C=N\C)=C(/C)SC. The fourth-order valence-corrected chi connectivity index (χ4v) is 1.19. The van der Waals surface area contributed by atoms with Crippen LogP contribution in [0.4, 0.5) is 0 Å². The fourth-order valence-electron chi connectivity index (χ4n) is 0.741. The van der Waals surface area contributed by atoms with Crippen LogP contribution < -0.4 is 0 Å². The van der Waals surface area contributed by atoms with Crippen LogP contribution in [0.2, 0.25) is 0 Å². The van der Waals surface area contributed by atoms with Crippen molar-refractivity contribution in [1.29, 1.82) is 0 Å². The van der Waals surface area contributed by atoms with E-state index >= 15 is 0 Å². The third-order valence-corrected chi connectivity index (χ3v) is 2.24. The van der Waals surface area contributed by atoms with E-state index in [0.717, 1.165) is 11.1 Å². The molecule has 2 heteroatoms. The molecule has 0 amide bonds. The molecule has 0 bridgehead atoms. The zero-order valence-electron chi connectivity index (χ0n) is 7.64. The van der Waals surface area contributed by atoms with Gasteiger partial charge in [-0.25, -0.2) is 0 Å². The second kappa shape index (κ2) is 5.19. The van der Waals surface area contributed by atoms with Gasteiger partial charge in [-0.2, -0.15) is 0 Å². The molecule has 0 aliphatic heterocycles. The van der Waals surface area contributed by atoms with Crippen LogP contribution in [0.15, 0.2) is 27.6 Å². The van der Waals surface area contributed by atoms with Crippen molar-refractivity contribution in [1.82, 2.24) is 0 Å². The van der Waals surface area contributed by atoms with Gasteiger partial charge in [-0.05, 0) is 30.6 Å². The molecule has 0 saturated heterocycles. The van der Waals surface area contributed by atoms with E-state index in [1.165, 1.54) is 4.91 Å². The quantitative estimate of drug-likeness (QED) is 0.467. The molecule has 0 aliphatic carbocycles. The first-order valence-corrected chi connectivity index (χ1v) is 4.68. The molecule has 1 nitrogen and oxygen atoms in total. The number of allylic oxidation sites excluding steroid dienone is 3. The lowest BCUT2D eigenvalue weighted by Crippen LogP contribution is -1.88. The van der Waals surface area contributed by atoms with E-state index in [-0.39, 0.29) is 0 Å². The molecule has 0 rings (SSSR count). The molecule has 0 aromatic heterocycles. The predicted octanol–water partition coefficient (Wildman–Crippen LogP) is 2.90. The molecule has 0 unspecified atom stereocenters. The van der Waals surface area contributed by atoms with Crippen LogP contribution in [0.5, 0.6) is 0 Å². The largest absolute Gasteiger partial charge is 0.296 e. The Morgan fingerprint density at radius 3 is 2.27 bits per heavy atom. The van der Waals surface area contributed by atoms with E-state index in [2.05, 4.69) is 24.8 Å². The molecule has 62 valence electrons. The van der Waals surface area contributed by atoms with Gasteiger partial charge in [0.25, 0.3) is 0 Å². The Labute approximate surface area is 73.3 Å². The molecular weight excluding hydrogens is 154 g/mol. The highest BCUT2D eigenvalue weighted by molar-refractivity contribution is 8.02. The van der Waals surface area contributed by atoms with Crippen molar-refractivity contribution < 1.29 is 0 Å². The van der Waals surface area contributed by atoms with Crippen LogP contribution in [0, 0.1) is 0 Å². The first kappa shape index (κ1) is 10.5. The molecule has 0 radical (unpaired) electrons. The summed E-state index contributed by atoms with van der Waals surface area (Å²) in [5.74, 6) is 0. The number of thioether (sulfide) groups is 1. The summed E-state index contributed by atoms with van der Waals surface area (Å²) in [6.45, 7) is 7.96. The summed E-state index contributed by atoms with van der Waals surface area (Å²) in [7, 11) is 1.77. The molecule has 11 heavy (non-hydrogen) atoms. The molecule has 0 spiro atoms. The lowest BCUT2D eigenvalue weighted by atomic mass is 10.1. The van der Waals surface area contributed by atoms with Crippen molar-refractivity contribution >= 4 is 18.0 Å². The molecule has 0 aromatic rings. The number of aliphatic imine (C=N–C) groups is 1. The minimum Gasteiger partial charge on any atom is -0.296 e. The smallest absolute Gasteiger partial charge is 0.0291 e. The zero-order chi connectivity index (χ0) is 8.85. The van der Waals surface area contributed by atoms with E-state index in [0.29, 0.717) is 0 Å². The maximum Gasteiger partial charge on any atom is 0.0291 e. The summed E-state index contributed by atoms with van der Waals surface area (Å²) >= 11 is 1.73. The second-order valence-corrected chi connectivity index (χ2v) is 3.36. The Morgan fingerprint density at radius 2 is 2.00 bits per heavy atom. The van der Waals surface area contributed by atoms with E-state index in [1.54, 1.807) is 18.8 Å². The molecule has 0 atom stereocenters. The first-order valence-electron chi connectivity index (χ1n) is 3.46.